The third-order valence-electron chi connectivity index (χ3n) is 4.62. The molecule has 9 heteroatoms. The van der Waals surface area contributed by atoms with Crippen LogP contribution in [0, 0.1) is 11.7 Å². The van der Waals surface area contributed by atoms with Crippen LogP contribution in [-0.4, -0.2) is 70.6 Å². The number of carboxylic acid groups (broad SMARTS) is 1. The number of nitrogens with one attached hydrogen (secondary N) is 1. The van der Waals surface area contributed by atoms with E-state index in [1.165, 1.54) is 13.3 Å². The van der Waals surface area contributed by atoms with Crippen LogP contribution in [0.1, 0.15) is 5.56 Å². The first-order valence-corrected chi connectivity index (χ1v) is 8.33. The fraction of sp³-hybridized carbons (Fsp3) is 0.471. The Balaban J connectivity index is 1.70. The van der Waals surface area contributed by atoms with Gasteiger partial charge in [-0.15, -0.1) is 0 Å². The van der Waals surface area contributed by atoms with Crippen molar-refractivity contribution < 1.29 is 24.1 Å². The van der Waals surface area contributed by atoms with Crippen molar-refractivity contribution in [1.29, 1.82) is 0 Å². The summed E-state index contributed by atoms with van der Waals surface area (Å²) in [5, 5.41) is 21.1. The molecule has 140 valence electrons. The zero-order valence-corrected chi connectivity index (χ0v) is 14.4. The normalized spacial score (nSPS) is 20.4. The fourth-order valence-electron chi connectivity index (χ4n) is 3.24. The number of nitrogens with zero attached hydrogens (tertiary/aromatic N) is 3. The van der Waals surface area contributed by atoms with Crippen molar-refractivity contribution in [2.45, 2.75) is 12.5 Å². The van der Waals surface area contributed by atoms with Crippen molar-refractivity contribution in [3.05, 3.63) is 29.7 Å². The molecule has 0 bridgehead atoms. The Bertz CT molecular complexity index is 804. The summed E-state index contributed by atoms with van der Waals surface area (Å²) in [6.07, 6.45) is -0.138. The van der Waals surface area contributed by atoms with Crippen LogP contribution in [0.4, 0.5) is 9.18 Å². The smallest absolute Gasteiger partial charge is 0.404 e. The average molecular weight is 364 g/mol. The lowest BCUT2D eigenvalue weighted by Gasteiger charge is -2.16. The van der Waals surface area contributed by atoms with Crippen molar-refractivity contribution in [2.75, 3.05) is 33.3 Å². The number of β-amino-alcohol motifs (C(OH)–C–C–N with tert-alkyl or cyclic N) is 1. The molecule has 26 heavy (non-hydrogen) atoms. The summed E-state index contributed by atoms with van der Waals surface area (Å²) in [7, 11) is 1.50. The summed E-state index contributed by atoms with van der Waals surface area (Å²) in [6.45, 7) is 1.68. The highest BCUT2D eigenvalue weighted by molar-refractivity contribution is 5.78. The molecule has 2 unspecified atom stereocenters. The van der Waals surface area contributed by atoms with Crippen molar-refractivity contribution in [3.63, 3.8) is 0 Å². The molecule has 1 aliphatic heterocycles. The van der Waals surface area contributed by atoms with Crippen molar-refractivity contribution in [3.8, 4) is 5.88 Å². The molecule has 3 rings (SSSR count). The van der Waals surface area contributed by atoms with Crippen LogP contribution in [0.2, 0.25) is 0 Å². The molecular weight excluding hydrogens is 343 g/mol. The van der Waals surface area contributed by atoms with Gasteiger partial charge >= 0.3 is 6.09 Å². The zero-order chi connectivity index (χ0) is 18.7. The minimum Gasteiger partial charge on any atom is -0.481 e. The van der Waals surface area contributed by atoms with E-state index in [4.69, 9.17) is 9.84 Å². The number of hydrogen-bond donors (Lipinski definition) is 3. The predicted molar refractivity (Wildman–Crippen MR) is 91.7 cm³/mol. The Labute approximate surface area is 149 Å². The van der Waals surface area contributed by atoms with Crippen molar-refractivity contribution in [1.82, 2.24) is 20.2 Å². The monoisotopic (exact) mass is 364 g/mol. The third kappa shape index (κ3) is 4.00. The molecule has 0 spiro atoms. The molecule has 1 aliphatic rings. The maximum absolute atomic E-state index is 14.3. The molecule has 0 aromatic carbocycles. The van der Waals surface area contributed by atoms with E-state index in [0.717, 1.165) is 0 Å². The van der Waals surface area contributed by atoms with Crippen LogP contribution in [-0.2, 0) is 6.42 Å². The van der Waals surface area contributed by atoms with E-state index in [9.17, 15) is 14.3 Å². The second-order valence-corrected chi connectivity index (χ2v) is 6.33. The fourth-order valence-corrected chi connectivity index (χ4v) is 3.24. The van der Waals surface area contributed by atoms with Crippen LogP contribution in [0.5, 0.6) is 5.88 Å². The standard InChI is InChI=1S/C17H21FN4O4/c1-26-15-3-2-13-16(21-15)11(12(18)7-19-13)4-5-22-8-10(14(23)9-22)6-20-17(24)25/h2-3,7,10,14,20,23H,4-6,8-9H2,1H3,(H,24,25). The van der Waals surface area contributed by atoms with Gasteiger partial charge in [-0.1, -0.05) is 0 Å². The molecular formula is C17H21FN4O4. The first-order chi connectivity index (χ1) is 12.5. The number of amides is 1. The average Bonchev–Trinajstić information content (AvgIpc) is 2.98. The lowest BCUT2D eigenvalue weighted by Crippen LogP contribution is -2.33. The lowest BCUT2D eigenvalue weighted by atomic mass is 10.1. The molecule has 2 atom stereocenters. The zero-order valence-electron chi connectivity index (χ0n) is 14.4. The number of likely N-dealkylation sites (tertiary alicyclic amines) is 1. The number of methoxy groups -OCH3 is 1. The van der Waals surface area contributed by atoms with E-state index >= 15 is 0 Å². The van der Waals surface area contributed by atoms with Crippen LogP contribution >= 0.6 is 0 Å². The molecule has 1 fully saturated rings. The van der Waals surface area contributed by atoms with Gasteiger partial charge in [-0.2, -0.15) is 0 Å². The Kier molecular flexibility index (Phi) is 5.48. The number of carbonyl (C=O) groups is 1. The second kappa shape index (κ2) is 7.79. The number of aromatic nitrogens is 2. The van der Waals surface area contributed by atoms with Gasteiger partial charge in [-0.3, -0.25) is 9.88 Å². The van der Waals surface area contributed by atoms with Crippen LogP contribution in [0.3, 0.4) is 0 Å². The molecule has 1 saturated heterocycles. The Morgan fingerprint density at radius 1 is 1.46 bits per heavy atom. The molecule has 0 saturated carbocycles. The van der Waals surface area contributed by atoms with Gasteiger partial charge in [0.25, 0.3) is 0 Å². The molecule has 0 radical (unpaired) electrons. The van der Waals surface area contributed by atoms with E-state index in [-0.39, 0.29) is 12.5 Å². The Hall–Kier alpha value is -2.52. The first kappa shape index (κ1) is 18.3. The summed E-state index contributed by atoms with van der Waals surface area (Å²) in [5.74, 6) is -0.215. The minimum atomic E-state index is -1.11. The highest BCUT2D eigenvalue weighted by atomic mass is 19.1. The molecule has 2 aromatic rings. The number of aliphatic hydroxyl groups is 1. The summed E-state index contributed by atoms with van der Waals surface area (Å²) in [6, 6.07) is 3.41. The quantitative estimate of drug-likeness (QED) is 0.698. The maximum atomic E-state index is 14.3. The number of halogens is 1. The number of pyridine rings is 2. The molecule has 0 aliphatic carbocycles. The largest absolute Gasteiger partial charge is 0.481 e. The lowest BCUT2D eigenvalue weighted by molar-refractivity contribution is 0.138. The van der Waals surface area contributed by atoms with Gasteiger partial charge < -0.3 is 20.3 Å². The van der Waals surface area contributed by atoms with Crippen LogP contribution in [0.25, 0.3) is 11.0 Å². The van der Waals surface area contributed by atoms with E-state index in [1.54, 1.807) is 12.1 Å². The number of aliphatic hydroxyl groups excluding tert-OH is 1. The molecule has 2 aromatic heterocycles. The summed E-state index contributed by atoms with van der Waals surface area (Å²) < 4.78 is 19.4. The number of rotatable bonds is 6. The Morgan fingerprint density at radius 3 is 3.00 bits per heavy atom. The number of hydrogen-bond acceptors (Lipinski definition) is 6. The number of fused-ring (bicyclic) bond motifs is 1. The molecule has 8 nitrogen and oxygen atoms in total. The van der Waals surface area contributed by atoms with E-state index < -0.39 is 18.0 Å². The van der Waals surface area contributed by atoms with E-state index in [0.29, 0.717) is 48.5 Å². The predicted octanol–water partition coefficient (Wildman–Crippen LogP) is 0.880. The van der Waals surface area contributed by atoms with Crippen molar-refractivity contribution >= 4 is 17.1 Å². The van der Waals surface area contributed by atoms with Crippen LogP contribution < -0.4 is 10.1 Å². The van der Waals surface area contributed by atoms with Gasteiger partial charge in [0.15, 0.2) is 0 Å². The highest BCUT2D eigenvalue weighted by Crippen LogP contribution is 2.23. The minimum absolute atomic E-state index is 0.177. The second-order valence-electron chi connectivity index (χ2n) is 6.33. The van der Waals surface area contributed by atoms with Gasteiger partial charge in [-0.25, -0.2) is 14.2 Å². The van der Waals surface area contributed by atoms with Gasteiger partial charge in [-0.05, 0) is 12.5 Å². The first-order valence-electron chi connectivity index (χ1n) is 8.33. The SMILES string of the molecule is COc1ccc2ncc(F)c(CCN3CC(O)C(CNC(=O)O)C3)c2n1. The van der Waals surface area contributed by atoms with Crippen molar-refractivity contribution in [2.24, 2.45) is 5.92 Å². The van der Waals surface area contributed by atoms with Gasteiger partial charge in [0, 0.05) is 43.7 Å². The van der Waals surface area contributed by atoms with Gasteiger partial charge in [0.1, 0.15) is 5.82 Å². The number of ether oxygens (including phenoxy) is 1. The third-order valence-corrected chi connectivity index (χ3v) is 4.62. The van der Waals surface area contributed by atoms with E-state index in [2.05, 4.69) is 15.3 Å². The summed E-state index contributed by atoms with van der Waals surface area (Å²) in [5.41, 5.74) is 1.51. The molecule has 3 heterocycles. The Morgan fingerprint density at radius 2 is 2.27 bits per heavy atom. The van der Waals surface area contributed by atoms with Crippen LogP contribution in [0.15, 0.2) is 18.3 Å². The highest BCUT2D eigenvalue weighted by Gasteiger charge is 2.31. The van der Waals surface area contributed by atoms with Gasteiger partial charge in [0.05, 0.1) is 30.4 Å². The summed E-state index contributed by atoms with van der Waals surface area (Å²) in [4.78, 5) is 21.0. The molecule has 3 N–H and O–H groups in total. The topological polar surface area (TPSA) is 108 Å². The molecule has 1 amide bonds. The maximum Gasteiger partial charge on any atom is 0.404 e. The van der Waals surface area contributed by atoms with E-state index in [1.807, 2.05) is 4.90 Å². The summed E-state index contributed by atoms with van der Waals surface area (Å²) >= 11 is 0. The van der Waals surface area contributed by atoms with Gasteiger partial charge in [0.2, 0.25) is 5.88 Å².